The molecule has 0 aromatic rings. The van der Waals surface area contributed by atoms with Crippen LogP contribution in [0, 0.1) is 0 Å². The Morgan fingerprint density at radius 2 is 1.64 bits per heavy atom. The summed E-state index contributed by atoms with van der Waals surface area (Å²) in [5.41, 5.74) is -2.86. The second-order valence-corrected chi connectivity index (χ2v) is 6.71. The van der Waals surface area contributed by atoms with E-state index in [1.54, 1.807) is 19.0 Å². The fourth-order valence-corrected chi connectivity index (χ4v) is 2.19. The predicted octanol–water partition coefficient (Wildman–Crippen LogP) is 3.15. The van der Waals surface area contributed by atoms with Gasteiger partial charge in [-0.15, -0.1) is 0 Å². The van der Waals surface area contributed by atoms with Crippen LogP contribution in [0.25, 0.3) is 0 Å². The van der Waals surface area contributed by atoms with Crippen molar-refractivity contribution in [3.8, 4) is 0 Å². The van der Waals surface area contributed by atoms with Gasteiger partial charge < -0.3 is 14.6 Å². The molecule has 0 aliphatic heterocycles. The molecule has 0 aromatic carbocycles. The molecule has 0 amide bonds. The van der Waals surface area contributed by atoms with Crippen molar-refractivity contribution in [2.75, 3.05) is 27.7 Å². The van der Waals surface area contributed by atoms with Crippen LogP contribution in [0.15, 0.2) is 23.4 Å². The van der Waals surface area contributed by atoms with E-state index in [-0.39, 0.29) is 24.7 Å². The maximum atomic E-state index is 13.8. The second-order valence-electron chi connectivity index (χ2n) is 6.71. The molecule has 1 unspecified atom stereocenters. The molecule has 0 aliphatic rings. The molecule has 0 heterocycles. The van der Waals surface area contributed by atoms with E-state index in [9.17, 15) is 27.2 Å². The maximum Gasteiger partial charge on any atom is 0.416 e. The highest BCUT2D eigenvalue weighted by atomic mass is 19.4. The molecular weight excluding hydrogens is 340 g/mol. The smallest absolute Gasteiger partial charge is 0.370 e. The van der Waals surface area contributed by atoms with Crippen LogP contribution in [-0.4, -0.2) is 67.9 Å². The first kappa shape index (κ1) is 23.3. The average molecular weight is 366 g/mol. The van der Waals surface area contributed by atoms with E-state index in [4.69, 9.17) is 0 Å². The summed E-state index contributed by atoms with van der Waals surface area (Å²) >= 11 is 0. The zero-order chi connectivity index (χ0) is 19.8. The van der Waals surface area contributed by atoms with Crippen molar-refractivity contribution in [1.82, 2.24) is 9.80 Å². The number of hydrogen-bond donors (Lipinski definition) is 0. The number of alkyl halides is 4. The molecule has 0 aliphatic carbocycles. The maximum absolute atomic E-state index is 13.8. The Kier molecular flexibility index (Phi) is 9.04. The molecule has 0 saturated carbocycles. The van der Waals surface area contributed by atoms with Gasteiger partial charge in [0.15, 0.2) is 0 Å². The number of allylic oxidation sites excluding steroid dienone is 2. The van der Waals surface area contributed by atoms with E-state index >= 15 is 0 Å². The molecule has 25 heavy (non-hydrogen) atoms. The summed E-state index contributed by atoms with van der Waals surface area (Å²) in [6, 6.07) is -0.917. The fraction of sp³-hybridized carbons (Fsp3) is 0.647. The van der Waals surface area contributed by atoms with Gasteiger partial charge >= 0.3 is 6.18 Å². The monoisotopic (exact) mass is 366 g/mol. The molecule has 4 nitrogen and oxygen atoms in total. The minimum absolute atomic E-state index is 0.0150. The molecule has 0 aromatic heterocycles. The largest absolute Gasteiger partial charge is 0.416 e. The van der Waals surface area contributed by atoms with Crippen molar-refractivity contribution >= 4 is 12.6 Å². The molecule has 8 heteroatoms. The van der Waals surface area contributed by atoms with E-state index in [1.165, 1.54) is 25.8 Å². The highest BCUT2D eigenvalue weighted by Crippen LogP contribution is 2.33. The van der Waals surface area contributed by atoms with Gasteiger partial charge in [-0.05, 0) is 46.0 Å². The quantitative estimate of drug-likeness (QED) is 0.258. The van der Waals surface area contributed by atoms with Crippen molar-refractivity contribution in [3.63, 3.8) is 0 Å². The Balaban J connectivity index is 5.78. The van der Waals surface area contributed by atoms with E-state index in [0.29, 0.717) is 18.9 Å². The lowest BCUT2D eigenvalue weighted by Gasteiger charge is -2.28. The van der Waals surface area contributed by atoms with Crippen LogP contribution in [0.1, 0.15) is 26.7 Å². The lowest BCUT2D eigenvalue weighted by molar-refractivity contribution is -0.112. The second kappa shape index (κ2) is 9.70. The van der Waals surface area contributed by atoms with Crippen LogP contribution in [0.5, 0.6) is 0 Å². The number of carbonyl (C=O) groups excluding carboxylic acids is 2. The van der Waals surface area contributed by atoms with Crippen LogP contribution >= 0.6 is 0 Å². The molecule has 0 rings (SSSR count). The number of hydrogen-bond acceptors (Lipinski definition) is 4. The van der Waals surface area contributed by atoms with E-state index < -0.39 is 23.5 Å². The molecule has 0 saturated heterocycles. The summed E-state index contributed by atoms with van der Waals surface area (Å²) in [4.78, 5) is 24.8. The molecule has 1 atom stereocenters. The average Bonchev–Trinajstić information content (AvgIpc) is 2.44. The van der Waals surface area contributed by atoms with Gasteiger partial charge in [-0.1, -0.05) is 0 Å². The first-order valence-electron chi connectivity index (χ1n) is 7.76. The molecule has 0 fully saturated rings. The van der Waals surface area contributed by atoms with Gasteiger partial charge in [0.25, 0.3) is 0 Å². The van der Waals surface area contributed by atoms with Crippen LogP contribution in [-0.2, 0) is 9.59 Å². The summed E-state index contributed by atoms with van der Waals surface area (Å²) in [5.74, 6) is 0. The summed E-state index contributed by atoms with van der Waals surface area (Å²) in [5, 5.41) is 0. The molecule has 144 valence electrons. The third kappa shape index (κ3) is 9.38. The standard InChI is InChI=1S/C17H26F4N2O2/c1-16(2,18)10-14(12-25)23(5)11-13(6-8-22(3)4)15(7-9-24)17(19,20)21/h7,9,11-12,14H,6,8,10H2,1-5H3/b13-11-,15-7+. The third-order valence-electron chi connectivity index (χ3n) is 3.45. The summed E-state index contributed by atoms with van der Waals surface area (Å²) in [7, 11) is 4.82. The first-order valence-corrected chi connectivity index (χ1v) is 7.76. The third-order valence-corrected chi connectivity index (χ3v) is 3.45. The van der Waals surface area contributed by atoms with Gasteiger partial charge in [0.2, 0.25) is 0 Å². The minimum atomic E-state index is -4.71. The number of likely N-dealkylation sites (N-methyl/N-ethyl adjacent to an activating group) is 1. The highest BCUT2D eigenvalue weighted by molar-refractivity contribution is 5.69. The number of rotatable bonds is 10. The predicted molar refractivity (Wildman–Crippen MR) is 88.9 cm³/mol. The Hall–Kier alpha value is -1.70. The molecule has 0 N–H and O–H groups in total. The van der Waals surface area contributed by atoms with Crippen LogP contribution < -0.4 is 0 Å². The molecule has 0 radical (unpaired) electrons. The van der Waals surface area contributed by atoms with Gasteiger partial charge in [-0.25, -0.2) is 4.39 Å². The lowest BCUT2D eigenvalue weighted by atomic mass is 9.99. The topological polar surface area (TPSA) is 40.6 Å². The van der Waals surface area contributed by atoms with Crippen molar-refractivity contribution < 1.29 is 27.2 Å². The highest BCUT2D eigenvalue weighted by Gasteiger charge is 2.36. The Labute approximate surface area is 146 Å². The van der Waals surface area contributed by atoms with Gasteiger partial charge in [0.05, 0.1) is 11.6 Å². The number of nitrogens with zero attached hydrogens (tertiary/aromatic N) is 2. The summed E-state index contributed by atoms with van der Waals surface area (Å²) < 4.78 is 53.6. The minimum Gasteiger partial charge on any atom is -0.370 e. The van der Waals surface area contributed by atoms with Crippen molar-refractivity contribution in [1.29, 1.82) is 0 Å². The number of aldehydes is 2. The Morgan fingerprint density at radius 1 is 1.08 bits per heavy atom. The van der Waals surface area contributed by atoms with Crippen LogP contribution in [0.2, 0.25) is 0 Å². The zero-order valence-corrected chi connectivity index (χ0v) is 15.2. The van der Waals surface area contributed by atoms with Gasteiger partial charge in [0.1, 0.15) is 18.2 Å². The summed E-state index contributed by atoms with van der Waals surface area (Å²) in [6.45, 7) is 2.90. The molecule has 0 spiro atoms. The van der Waals surface area contributed by atoms with Crippen molar-refractivity contribution in [2.24, 2.45) is 0 Å². The fourth-order valence-electron chi connectivity index (χ4n) is 2.19. The Bertz CT molecular complexity index is 506. The van der Waals surface area contributed by atoms with Crippen LogP contribution in [0.3, 0.4) is 0 Å². The normalized spacial score (nSPS) is 15.3. The van der Waals surface area contributed by atoms with E-state index in [0.717, 1.165) is 6.20 Å². The van der Waals surface area contributed by atoms with Gasteiger partial charge in [0, 0.05) is 26.2 Å². The number of carbonyl (C=O) groups is 2. The van der Waals surface area contributed by atoms with E-state index in [1.807, 2.05) is 0 Å². The first-order chi connectivity index (χ1) is 11.3. The lowest BCUT2D eigenvalue weighted by Crippen LogP contribution is -2.35. The molecule has 0 bridgehead atoms. The van der Waals surface area contributed by atoms with Crippen molar-refractivity contribution in [3.05, 3.63) is 23.4 Å². The van der Waals surface area contributed by atoms with E-state index in [2.05, 4.69) is 0 Å². The molecular formula is C17H26F4N2O2. The van der Waals surface area contributed by atoms with Crippen LogP contribution in [0.4, 0.5) is 17.6 Å². The SMILES string of the molecule is CN(C)CCC(=C/N(C)C(C=O)CC(C)(C)F)/C(=C\C=O)C(F)(F)F. The number of halogens is 4. The summed E-state index contributed by atoms with van der Waals surface area (Å²) in [6.07, 6.45) is -2.66. The van der Waals surface area contributed by atoms with Crippen molar-refractivity contribution in [2.45, 2.75) is 44.6 Å². The van der Waals surface area contributed by atoms with Gasteiger partial charge in [-0.2, -0.15) is 13.2 Å². The Morgan fingerprint density at radius 3 is 2.00 bits per heavy atom. The van der Waals surface area contributed by atoms with Gasteiger partial charge in [-0.3, -0.25) is 4.79 Å². The zero-order valence-electron chi connectivity index (χ0n) is 15.2.